The maximum Gasteiger partial charge on any atom is 0.414 e. The van der Waals surface area contributed by atoms with Crippen LogP contribution in [0.1, 0.15) is 26.3 Å². The van der Waals surface area contributed by atoms with Gasteiger partial charge in [-0.2, -0.15) is 0 Å². The van der Waals surface area contributed by atoms with Gasteiger partial charge in [0.1, 0.15) is 5.60 Å². The zero-order valence-corrected chi connectivity index (χ0v) is 13.5. The number of fused-ring (bicyclic) bond motifs is 1. The lowest BCUT2D eigenvalue weighted by atomic mass is 10.1. The summed E-state index contributed by atoms with van der Waals surface area (Å²) in [5.41, 5.74) is 1.56. The number of anilines is 2. The summed E-state index contributed by atoms with van der Waals surface area (Å²) in [5, 5.41) is 0. The fraction of sp³-hybridized carbons (Fsp3) is 0.500. The molecule has 0 spiro atoms. The van der Waals surface area contributed by atoms with Crippen molar-refractivity contribution in [3.8, 4) is 0 Å². The summed E-state index contributed by atoms with van der Waals surface area (Å²) in [7, 11) is -3.35. The van der Waals surface area contributed by atoms with Crippen molar-refractivity contribution in [2.45, 2.75) is 32.8 Å². The largest absolute Gasteiger partial charge is 0.443 e. The van der Waals surface area contributed by atoms with Crippen LogP contribution in [0.4, 0.5) is 16.2 Å². The third kappa shape index (κ3) is 4.10. The molecule has 0 saturated heterocycles. The van der Waals surface area contributed by atoms with Gasteiger partial charge in [0.2, 0.25) is 10.0 Å². The van der Waals surface area contributed by atoms with Gasteiger partial charge in [-0.1, -0.05) is 6.07 Å². The SMILES string of the molecule is CC(C)(C)OC(=O)N1CCc2ccc(NS(C)(=O)=O)cc21. The van der Waals surface area contributed by atoms with Crippen LogP contribution in [0.5, 0.6) is 0 Å². The predicted octanol–water partition coefficient (Wildman–Crippen LogP) is 2.36. The molecule has 21 heavy (non-hydrogen) atoms. The molecule has 0 saturated carbocycles. The molecule has 0 fully saturated rings. The lowest BCUT2D eigenvalue weighted by Gasteiger charge is -2.25. The van der Waals surface area contributed by atoms with Gasteiger partial charge in [-0.25, -0.2) is 13.2 Å². The molecule has 116 valence electrons. The van der Waals surface area contributed by atoms with Gasteiger partial charge in [0, 0.05) is 6.54 Å². The van der Waals surface area contributed by atoms with Crippen LogP contribution in [0.2, 0.25) is 0 Å². The topological polar surface area (TPSA) is 75.7 Å². The number of benzene rings is 1. The number of hydrogen-bond acceptors (Lipinski definition) is 4. The Morgan fingerprint density at radius 2 is 2.00 bits per heavy atom. The van der Waals surface area contributed by atoms with E-state index < -0.39 is 21.7 Å². The van der Waals surface area contributed by atoms with Crippen molar-refractivity contribution in [2.24, 2.45) is 0 Å². The van der Waals surface area contributed by atoms with Crippen LogP contribution in [0.3, 0.4) is 0 Å². The number of carbonyl (C=O) groups is 1. The van der Waals surface area contributed by atoms with E-state index in [-0.39, 0.29) is 0 Å². The van der Waals surface area contributed by atoms with Crippen molar-refractivity contribution in [3.63, 3.8) is 0 Å². The Bertz CT molecular complexity index is 662. The summed E-state index contributed by atoms with van der Waals surface area (Å²) >= 11 is 0. The molecule has 7 heteroatoms. The molecule has 0 bridgehead atoms. The van der Waals surface area contributed by atoms with E-state index in [0.29, 0.717) is 17.9 Å². The Balaban J connectivity index is 2.26. The number of ether oxygens (including phenoxy) is 1. The molecule has 0 radical (unpaired) electrons. The van der Waals surface area contributed by atoms with Gasteiger partial charge in [0.25, 0.3) is 0 Å². The van der Waals surface area contributed by atoms with Crippen LogP contribution < -0.4 is 9.62 Å². The quantitative estimate of drug-likeness (QED) is 0.909. The molecule has 6 nitrogen and oxygen atoms in total. The number of rotatable bonds is 2. The molecule has 2 rings (SSSR count). The lowest BCUT2D eigenvalue weighted by molar-refractivity contribution is 0.0584. The van der Waals surface area contributed by atoms with Crippen LogP contribution in [0, 0.1) is 0 Å². The van der Waals surface area contributed by atoms with Crippen LogP contribution >= 0.6 is 0 Å². The Hall–Kier alpha value is -1.76. The molecular formula is C14H20N2O4S. The molecule has 1 amide bonds. The van der Waals surface area contributed by atoms with Crippen molar-refractivity contribution in [3.05, 3.63) is 23.8 Å². The zero-order chi connectivity index (χ0) is 15.8. The van der Waals surface area contributed by atoms with Crippen molar-refractivity contribution < 1.29 is 17.9 Å². The zero-order valence-electron chi connectivity index (χ0n) is 12.6. The van der Waals surface area contributed by atoms with E-state index in [2.05, 4.69) is 4.72 Å². The first-order valence-electron chi connectivity index (χ1n) is 6.66. The van der Waals surface area contributed by atoms with Gasteiger partial charge in [-0.15, -0.1) is 0 Å². The Morgan fingerprint density at radius 1 is 1.33 bits per heavy atom. The Labute approximate surface area is 125 Å². The molecule has 1 aliphatic rings. The highest BCUT2D eigenvalue weighted by Crippen LogP contribution is 2.32. The first-order valence-corrected chi connectivity index (χ1v) is 8.55. The molecular weight excluding hydrogens is 292 g/mol. The number of nitrogens with zero attached hydrogens (tertiary/aromatic N) is 1. The standard InChI is InChI=1S/C14H20N2O4S/c1-14(2,3)20-13(17)16-8-7-10-5-6-11(9-12(10)16)15-21(4,18)19/h5-6,9,15H,7-8H2,1-4H3. The molecule has 1 heterocycles. The minimum absolute atomic E-state index is 0.419. The lowest BCUT2D eigenvalue weighted by Crippen LogP contribution is -2.35. The van der Waals surface area contributed by atoms with E-state index in [1.54, 1.807) is 12.1 Å². The summed E-state index contributed by atoms with van der Waals surface area (Å²) in [4.78, 5) is 13.7. The first-order chi connectivity index (χ1) is 9.55. The van der Waals surface area contributed by atoms with Crippen molar-refractivity contribution in [2.75, 3.05) is 22.4 Å². The van der Waals surface area contributed by atoms with Crippen LogP contribution in [0.25, 0.3) is 0 Å². The van der Waals surface area contributed by atoms with Crippen molar-refractivity contribution in [1.29, 1.82) is 0 Å². The average Bonchev–Trinajstić information content (AvgIpc) is 2.67. The van der Waals surface area contributed by atoms with E-state index in [1.165, 1.54) is 4.90 Å². The van der Waals surface area contributed by atoms with Gasteiger partial charge in [0.05, 0.1) is 17.6 Å². The van der Waals surface area contributed by atoms with Crippen molar-refractivity contribution in [1.82, 2.24) is 0 Å². The van der Waals surface area contributed by atoms with Gasteiger partial charge in [0.15, 0.2) is 0 Å². The number of amides is 1. The minimum atomic E-state index is -3.35. The number of nitrogens with one attached hydrogen (secondary N) is 1. The molecule has 0 aromatic heterocycles. The van der Waals surface area contributed by atoms with Crippen LogP contribution in [0.15, 0.2) is 18.2 Å². The summed E-state index contributed by atoms with van der Waals surface area (Å²) in [6, 6.07) is 5.18. The summed E-state index contributed by atoms with van der Waals surface area (Å²) in [6.07, 6.45) is 1.40. The van der Waals surface area contributed by atoms with E-state index in [0.717, 1.165) is 18.2 Å². The molecule has 1 N–H and O–H groups in total. The molecule has 1 aliphatic heterocycles. The second-order valence-corrected chi connectivity index (χ2v) is 7.85. The number of carbonyl (C=O) groups excluding carboxylic acids is 1. The van der Waals surface area contributed by atoms with Gasteiger partial charge < -0.3 is 4.74 Å². The maximum absolute atomic E-state index is 12.2. The second-order valence-electron chi connectivity index (χ2n) is 6.10. The summed E-state index contributed by atoms with van der Waals surface area (Å²) < 4.78 is 30.4. The third-order valence-corrected chi connectivity index (χ3v) is 3.50. The molecule has 1 aromatic rings. The first kappa shape index (κ1) is 15.6. The van der Waals surface area contributed by atoms with Gasteiger partial charge in [-0.05, 0) is 44.9 Å². The van der Waals surface area contributed by atoms with Gasteiger partial charge >= 0.3 is 6.09 Å². The number of hydrogen-bond donors (Lipinski definition) is 1. The fourth-order valence-electron chi connectivity index (χ4n) is 2.16. The Kier molecular flexibility index (Phi) is 3.88. The van der Waals surface area contributed by atoms with Crippen LogP contribution in [-0.4, -0.2) is 32.9 Å². The summed E-state index contributed by atoms with van der Waals surface area (Å²) in [6.45, 7) is 5.96. The molecule has 0 aliphatic carbocycles. The second kappa shape index (κ2) is 5.22. The maximum atomic E-state index is 12.2. The van der Waals surface area contributed by atoms with E-state index >= 15 is 0 Å². The van der Waals surface area contributed by atoms with Gasteiger partial charge in [-0.3, -0.25) is 9.62 Å². The highest BCUT2D eigenvalue weighted by molar-refractivity contribution is 7.92. The van der Waals surface area contributed by atoms with Crippen molar-refractivity contribution >= 4 is 27.5 Å². The average molecular weight is 312 g/mol. The fourth-order valence-corrected chi connectivity index (χ4v) is 2.72. The molecule has 0 atom stereocenters. The van der Waals surface area contributed by atoms with Crippen LogP contribution in [-0.2, 0) is 21.2 Å². The number of sulfonamides is 1. The van der Waals surface area contributed by atoms with E-state index in [1.807, 2.05) is 26.8 Å². The molecule has 1 aromatic carbocycles. The monoisotopic (exact) mass is 312 g/mol. The highest BCUT2D eigenvalue weighted by Gasteiger charge is 2.29. The highest BCUT2D eigenvalue weighted by atomic mass is 32.2. The Morgan fingerprint density at radius 3 is 2.57 bits per heavy atom. The normalized spacial score (nSPS) is 14.8. The van der Waals surface area contributed by atoms with E-state index in [4.69, 9.17) is 4.74 Å². The molecule has 0 unspecified atom stereocenters. The summed E-state index contributed by atoms with van der Waals surface area (Å²) in [5.74, 6) is 0. The smallest absolute Gasteiger partial charge is 0.414 e. The minimum Gasteiger partial charge on any atom is -0.443 e. The van der Waals surface area contributed by atoms with E-state index in [9.17, 15) is 13.2 Å². The third-order valence-electron chi connectivity index (χ3n) is 2.90. The predicted molar refractivity (Wildman–Crippen MR) is 82.2 cm³/mol.